The molecule has 53 heavy (non-hydrogen) atoms. The molecule has 0 unspecified atom stereocenters. The number of hydrogen-bond donors (Lipinski definition) is 0. The predicted molar refractivity (Wildman–Crippen MR) is 216 cm³/mol. The molecule has 246 valence electrons. The van der Waals surface area contributed by atoms with Crippen molar-refractivity contribution < 1.29 is 0 Å². The molecule has 0 bridgehead atoms. The molecule has 0 amide bonds. The van der Waals surface area contributed by atoms with Gasteiger partial charge in [0.05, 0.1) is 22.7 Å². The van der Waals surface area contributed by atoms with E-state index in [1.807, 2.05) is 24.3 Å². The highest BCUT2D eigenvalue weighted by Crippen LogP contribution is 2.37. The number of benzene rings is 8. The number of aromatic nitrogens is 4. The summed E-state index contributed by atoms with van der Waals surface area (Å²) in [6.45, 7) is 0. The zero-order valence-corrected chi connectivity index (χ0v) is 28.5. The molecule has 2 aromatic heterocycles. The first-order chi connectivity index (χ1) is 26.2. The van der Waals surface area contributed by atoms with E-state index in [4.69, 9.17) is 15.0 Å². The van der Waals surface area contributed by atoms with Gasteiger partial charge in [-0.15, -0.1) is 0 Å². The number of fused-ring (bicyclic) bond motifs is 5. The standard InChI is InChI=1S/C48H29N5/c49-30-31-20-26-44-42(28-31)43-29-36(25-27-45(43)53(44)37-14-2-1-3-15-37)32-21-23-35(24-22-32)46-50-47(40-18-8-12-33-10-4-6-16-38(33)40)52-48(51-46)41-19-9-13-34-11-5-7-17-39(34)41/h1-29H. The van der Waals surface area contributed by atoms with Gasteiger partial charge in [-0.1, -0.05) is 133 Å². The minimum absolute atomic E-state index is 0.614. The predicted octanol–water partition coefficient (Wildman–Crippen LogP) is 11.8. The Kier molecular flexibility index (Phi) is 7.12. The fraction of sp³-hybridized carbons (Fsp3) is 0. The number of rotatable bonds is 5. The van der Waals surface area contributed by atoms with Crippen LogP contribution in [0.25, 0.3) is 94.3 Å². The first kappa shape index (κ1) is 30.4. The van der Waals surface area contributed by atoms with Gasteiger partial charge in [-0.25, -0.2) is 15.0 Å². The van der Waals surface area contributed by atoms with Crippen molar-refractivity contribution in [2.75, 3.05) is 0 Å². The molecule has 0 aliphatic heterocycles. The van der Waals surface area contributed by atoms with Crippen LogP contribution in [0.15, 0.2) is 176 Å². The zero-order chi connectivity index (χ0) is 35.3. The molecule has 0 saturated carbocycles. The highest BCUT2D eigenvalue weighted by molar-refractivity contribution is 6.11. The second kappa shape index (κ2) is 12.4. The molecular formula is C48H29N5. The molecule has 0 radical (unpaired) electrons. The molecular weight excluding hydrogens is 647 g/mol. The quantitative estimate of drug-likeness (QED) is 0.182. The third-order valence-electron chi connectivity index (χ3n) is 10.1. The average Bonchev–Trinajstić information content (AvgIpc) is 3.56. The van der Waals surface area contributed by atoms with Crippen LogP contribution >= 0.6 is 0 Å². The van der Waals surface area contributed by atoms with Crippen molar-refractivity contribution in [3.63, 3.8) is 0 Å². The van der Waals surface area contributed by atoms with Crippen LogP contribution in [-0.4, -0.2) is 19.5 Å². The third-order valence-corrected chi connectivity index (χ3v) is 10.1. The Morgan fingerprint density at radius 1 is 0.396 bits per heavy atom. The maximum Gasteiger partial charge on any atom is 0.164 e. The topological polar surface area (TPSA) is 67.4 Å². The molecule has 0 N–H and O–H groups in total. The Bertz CT molecular complexity index is 2960. The van der Waals surface area contributed by atoms with E-state index in [9.17, 15) is 5.26 Å². The second-order valence-electron chi connectivity index (χ2n) is 13.2. The van der Waals surface area contributed by atoms with Crippen molar-refractivity contribution in [2.24, 2.45) is 0 Å². The molecule has 10 aromatic rings. The van der Waals surface area contributed by atoms with E-state index in [1.54, 1.807) is 0 Å². The van der Waals surface area contributed by atoms with Gasteiger partial charge < -0.3 is 4.57 Å². The number of para-hydroxylation sites is 1. The van der Waals surface area contributed by atoms with Gasteiger partial charge in [0.25, 0.3) is 0 Å². The van der Waals surface area contributed by atoms with Crippen LogP contribution < -0.4 is 0 Å². The molecule has 2 heterocycles. The van der Waals surface area contributed by atoms with E-state index in [-0.39, 0.29) is 0 Å². The fourth-order valence-corrected chi connectivity index (χ4v) is 7.53. The highest BCUT2D eigenvalue weighted by atomic mass is 15.0. The van der Waals surface area contributed by atoms with Crippen LogP contribution in [0.1, 0.15) is 5.56 Å². The van der Waals surface area contributed by atoms with Crippen molar-refractivity contribution in [1.29, 1.82) is 5.26 Å². The molecule has 5 heteroatoms. The summed E-state index contributed by atoms with van der Waals surface area (Å²) in [4.78, 5) is 15.3. The fourth-order valence-electron chi connectivity index (χ4n) is 7.53. The van der Waals surface area contributed by atoms with Crippen LogP contribution in [-0.2, 0) is 0 Å². The van der Waals surface area contributed by atoms with Gasteiger partial charge in [0.15, 0.2) is 17.5 Å². The van der Waals surface area contributed by atoms with Crippen LogP contribution in [0.5, 0.6) is 0 Å². The lowest BCUT2D eigenvalue weighted by Gasteiger charge is -2.12. The maximum absolute atomic E-state index is 9.73. The van der Waals surface area contributed by atoms with Crippen molar-refractivity contribution in [1.82, 2.24) is 19.5 Å². The van der Waals surface area contributed by atoms with E-state index in [2.05, 4.69) is 162 Å². The van der Waals surface area contributed by atoms with Gasteiger partial charge in [-0.3, -0.25) is 0 Å². The Morgan fingerprint density at radius 3 is 1.55 bits per heavy atom. The smallest absolute Gasteiger partial charge is 0.164 e. The van der Waals surface area contributed by atoms with Crippen LogP contribution in [0, 0.1) is 11.3 Å². The lowest BCUT2D eigenvalue weighted by atomic mass is 10.0. The van der Waals surface area contributed by atoms with Crippen molar-refractivity contribution >= 4 is 43.4 Å². The molecule has 0 spiro atoms. The van der Waals surface area contributed by atoms with E-state index >= 15 is 0 Å². The largest absolute Gasteiger partial charge is 0.309 e. The SMILES string of the molecule is N#Cc1ccc2c(c1)c1cc(-c3ccc(-c4nc(-c5cccc6ccccc56)nc(-c5cccc6ccccc56)n4)cc3)ccc1n2-c1ccccc1. The van der Waals surface area contributed by atoms with Crippen LogP contribution in [0.2, 0.25) is 0 Å². The van der Waals surface area contributed by atoms with Gasteiger partial charge in [0, 0.05) is 33.2 Å². The lowest BCUT2D eigenvalue weighted by molar-refractivity contribution is 1.08. The van der Waals surface area contributed by atoms with Crippen molar-refractivity contribution in [2.45, 2.75) is 0 Å². The van der Waals surface area contributed by atoms with Crippen LogP contribution in [0.3, 0.4) is 0 Å². The second-order valence-corrected chi connectivity index (χ2v) is 13.2. The van der Waals surface area contributed by atoms with E-state index in [0.717, 1.165) is 76.9 Å². The van der Waals surface area contributed by atoms with E-state index in [1.165, 1.54) is 0 Å². The molecule has 0 fully saturated rings. The summed E-state index contributed by atoms with van der Waals surface area (Å²) in [6, 6.07) is 62.8. The van der Waals surface area contributed by atoms with Gasteiger partial charge in [0.2, 0.25) is 0 Å². The Labute approximate surface area is 305 Å². The summed E-state index contributed by atoms with van der Waals surface area (Å²) in [5.74, 6) is 1.88. The molecule has 8 aromatic carbocycles. The summed E-state index contributed by atoms with van der Waals surface area (Å²) in [5.41, 5.74) is 8.87. The molecule has 0 aliphatic carbocycles. The summed E-state index contributed by atoms with van der Waals surface area (Å²) in [5, 5.41) is 16.3. The normalized spacial score (nSPS) is 11.4. The molecule has 0 aliphatic rings. The molecule has 10 rings (SSSR count). The monoisotopic (exact) mass is 675 g/mol. The molecule has 5 nitrogen and oxygen atoms in total. The first-order valence-corrected chi connectivity index (χ1v) is 17.6. The molecule has 0 saturated heterocycles. The number of nitriles is 1. The van der Waals surface area contributed by atoms with E-state index in [0.29, 0.717) is 23.0 Å². The minimum Gasteiger partial charge on any atom is -0.309 e. The van der Waals surface area contributed by atoms with Gasteiger partial charge >= 0.3 is 0 Å². The van der Waals surface area contributed by atoms with Gasteiger partial charge in [0.1, 0.15) is 0 Å². The Hall–Kier alpha value is -7.42. The Balaban J connectivity index is 1.11. The zero-order valence-electron chi connectivity index (χ0n) is 28.5. The summed E-state index contributed by atoms with van der Waals surface area (Å²) in [6.07, 6.45) is 0. The average molecular weight is 676 g/mol. The summed E-state index contributed by atoms with van der Waals surface area (Å²) in [7, 11) is 0. The minimum atomic E-state index is 0.614. The molecule has 0 atom stereocenters. The maximum atomic E-state index is 9.73. The highest BCUT2D eigenvalue weighted by Gasteiger charge is 2.17. The van der Waals surface area contributed by atoms with Gasteiger partial charge in [-0.05, 0) is 75.1 Å². The van der Waals surface area contributed by atoms with E-state index < -0.39 is 0 Å². The summed E-state index contributed by atoms with van der Waals surface area (Å²) < 4.78 is 2.26. The number of nitrogens with zero attached hydrogens (tertiary/aromatic N) is 5. The van der Waals surface area contributed by atoms with Gasteiger partial charge in [-0.2, -0.15) is 5.26 Å². The number of hydrogen-bond acceptors (Lipinski definition) is 4. The lowest BCUT2D eigenvalue weighted by Crippen LogP contribution is -2.01. The van der Waals surface area contributed by atoms with Crippen LogP contribution in [0.4, 0.5) is 0 Å². The first-order valence-electron chi connectivity index (χ1n) is 17.6. The Morgan fingerprint density at radius 2 is 0.906 bits per heavy atom. The van der Waals surface area contributed by atoms with Crippen molar-refractivity contribution in [3.8, 4) is 57.0 Å². The van der Waals surface area contributed by atoms with Crippen molar-refractivity contribution in [3.05, 3.63) is 181 Å². The third kappa shape index (κ3) is 5.21. The summed E-state index contributed by atoms with van der Waals surface area (Å²) >= 11 is 0.